The Balaban J connectivity index is 2.01. The molecule has 0 aromatic rings. The summed E-state index contributed by atoms with van der Waals surface area (Å²) >= 11 is 0. The summed E-state index contributed by atoms with van der Waals surface area (Å²) in [5, 5.41) is 3.71. The fourth-order valence-corrected chi connectivity index (χ4v) is 2.90. The van der Waals surface area contributed by atoms with Gasteiger partial charge in [0.05, 0.1) is 0 Å². The second kappa shape index (κ2) is 3.78. The van der Waals surface area contributed by atoms with E-state index >= 15 is 0 Å². The van der Waals surface area contributed by atoms with Crippen LogP contribution >= 0.6 is 0 Å². The van der Waals surface area contributed by atoms with Gasteiger partial charge in [0.25, 0.3) is 0 Å². The molecule has 0 aromatic heterocycles. The highest BCUT2D eigenvalue weighted by molar-refractivity contribution is 4.83. The monoisotopic (exact) mass is 167 g/mol. The highest BCUT2D eigenvalue weighted by Crippen LogP contribution is 2.31. The molecule has 0 saturated carbocycles. The lowest BCUT2D eigenvalue weighted by atomic mass is 9.84. The average molecular weight is 167 g/mol. The molecule has 2 aliphatic rings. The summed E-state index contributed by atoms with van der Waals surface area (Å²) in [5.41, 5.74) is 0. The minimum absolute atomic E-state index is 0.863. The normalized spacial score (nSPS) is 42.2. The van der Waals surface area contributed by atoms with Gasteiger partial charge in [0.2, 0.25) is 0 Å². The molecule has 3 unspecified atom stereocenters. The number of rotatable bonds is 1. The first-order valence-corrected chi connectivity index (χ1v) is 5.62. The Morgan fingerprint density at radius 2 is 2.17 bits per heavy atom. The first kappa shape index (κ1) is 8.55. The topological polar surface area (TPSA) is 12.0 Å². The highest BCUT2D eigenvalue weighted by atomic mass is 14.9. The smallest absolute Gasteiger partial charge is 0.00698 e. The molecule has 1 N–H and O–H groups in total. The first-order valence-electron chi connectivity index (χ1n) is 5.62. The zero-order chi connectivity index (χ0) is 8.39. The second-order valence-electron chi connectivity index (χ2n) is 4.65. The molecule has 3 atom stereocenters. The van der Waals surface area contributed by atoms with Crippen LogP contribution in [0, 0.1) is 11.8 Å². The third-order valence-corrected chi connectivity index (χ3v) is 3.72. The van der Waals surface area contributed by atoms with E-state index in [9.17, 15) is 0 Å². The fourth-order valence-electron chi connectivity index (χ4n) is 2.90. The summed E-state index contributed by atoms with van der Waals surface area (Å²) in [6.45, 7) is 3.66. The van der Waals surface area contributed by atoms with Crippen LogP contribution in [0.4, 0.5) is 0 Å². The number of fused-ring (bicyclic) bond motifs is 3. The molecule has 0 spiro atoms. The summed E-state index contributed by atoms with van der Waals surface area (Å²) in [7, 11) is 0. The van der Waals surface area contributed by atoms with E-state index in [-0.39, 0.29) is 0 Å². The summed E-state index contributed by atoms with van der Waals surface area (Å²) in [4.78, 5) is 0. The lowest BCUT2D eigenvalue weighted by Gasteiger charge is -2.22. The number of hydrogen-bond acceptors (Lipinski definition) is 1. The van der Waals surface area contributed by atoms with Crippen LogP contribution in [0.15, 0.2) is 0 Å². The minimum atomic E-state index is 0.863. The van der Waals surface area contributed by atoms with E-state index in [1.165, 1.54) is 45.1 Å². The van der Waals surface area contributed by atoms with Crippen LogP contribution in [0.25, 0.3) is 0 Å². The van der Waals surface area contributed by atoms with Gasteiger partial charge in [-0.2, -0.15) is 0 Å². The molecule has 1 heteroatoms. The summed E-state index contributed by atoms with van der Waals surface area (Å²) < 4.78 is 0. The largest absolute Gasteiger partial charge is 0.314 e. The van der Waals surface area contributed by atoms with Crippen molar-refractivity contribution in [3.63, 3.8) is 0 Å². The van der Waals surface area contributed by atoms with Crippen molar-refractivity contribution in [3.05, 3.63) is 0 Å². The molecule has 70 valence electrons. The fraction of sp³-hybridized carbons (Fsp3) is 1.00. The van der Waals surface area contributed by atoms with Gasteiger partial charge >= 0.3 is 0 Å². The maximum atomic E-state index is 3.71. The molecule has 1 nitrogen and oxygen atoms in total. The highest BCUT2D eigenvalue weighted by Gasteiger charge is 2.26. The van der Waals surface area contributed by atoms with Crippen molar-refractivity contribution in [2.45, 2.75) is 51.5 Å². The molecule has 0 aromatic carbocycles. The molecule has 2 rings (SSSR count). The third kappa shape index (κ3) is 1.82. The van der Waals surface area contributed by atoms with Gasteiger partial charge < -0.3 is 5.32 Å². The Hall–Kier alpha value is -0.0400. The molecular formula is C11H21N. The van der Waals surface area contributed by atoms with E-state index in [1.807, 2.05) is 0 Å². The zero-order valence-electron chi connectivity index (χ0n) is 8.18. The predicted octanol–water partition coefficient (Wildman–Crippen LogP) is 2.56. The summed E-state index contributed by atoms with van der Waals surface area (Å²) in [6, 6.07) is 0.863. The van der Waals surface area contributed by atoms with Crippen molar-refractivity contribution in [1.82, 2.24) is 5.32 Å². The van der Waals surface area contributed by atoms with E-state index < -0.39 is 0 Å². The van der Waals surface area contributed by atoms with Crippen LogP contribution in [0.1, 0.15) is 45.4 Å². The van der Waals surface area contributed by atoms with Crippen molar-refractivity contribution < 1.29 is 0 Å². The second-order valence-corrected chi connectivity index (χ2v) is 4.65. The Morgan fingerprint density at radius 3 is 3.00 bits per heavy atom. The Bertz CT molecular complexity index is 130. The van der Waals surface area contributed by atoms with Gasteiger partial charge in [-0.15, -0.1) is 0 Å². The Labute approximate surface area is 75.9 Å². The van der Waals surface area contributed by atoms with E-state index in [0.29, 0.717) is 0 Å². The van der Waals surface area contributed by atoms with Crippen LogP contribution < -0.4 is 5.32 Å². The minimum Gasteiger partial charge on any atom is -0.314 e. The summed E-state index contributed by atoms with van der Waals surface area (Å²) in [5.74, 6) is 2.03. The quantitative estimate of drug-likeness (QED) is 0.633. The molecule has 0 radical (unpaired) electrons. The molecule has 2 saturated heterocycles. The van der Waals surface area contributed by atoms with Crippen molar-refractivity contribution in [3.8, 4) is 0 Å². The van der Waals surface area contributed by atoms with Crippen molar-refractivity contribution >= 4 is 0 Å². The molecule has 2 aliphatic heterocycles. The zero-order valence-corrected chi connectivity index (χ0v) is 8.18. The van der Waals surface area contributed by atoms with Crippen LogP contribution in [0.3, 0.4) is 0 Å². The third-order valence-electron chi connectivity index (χ3n) is 3.72. The van der Waals surface area contributed by atoms with Gasteiger partial charge in [0, 0.05) is 6.04 Å². The average Bonchev–Trinajstić information content (AvgIpc) is 2.35. The van der Waals surface area contributed by atoms with Crippen LogP contribution in [0.2, 0.25) is 0 Å². The van der Waals surface area contributed by atoms with Gasteiger partial charge in [0.15, 0.2) is 0 Å². The molecule has 2 heterocycles. The molecule has 2 bridgehead atoms. The lowest BCUT2D eigenvalue weighted by Crippen LogP contribution is -2.28. The van der Waals surface area contributed by atoms with Crippen molar-refractivity contribution in [1.29, 1.82) is 0 Å². The van der Waals surface area contributed by atoms with Crippen LogP contribution in [-0.4, -0.2) is 12.6 Å². The van der Waals surface area contributed by atoms with Crippen molar-refractivity contribution in [2.24, 2.45) is 11.8 Å². The van der Waals surface area contributed by atoms with E-state index in [4.69, 9.17) is 0 Å². The Morgan fingerprint density at radius 1 is 1.25 bits per heavy atom. The van der Waals surface area contributed by atoms with E-state index in [0.717, 1.165) is 17.9 Å². The number of hydrogen-bond donors (Lipinski definition) is 1. The van der Waals surface area contributed by atoms with Crippen molar-refractivity contribution in [2.75, 3.05) is 6.54 Å². The SMILES string of the molecule is CCC1CC2CCCC(C1)NC2. The Kier molecular flexibility index (Phi) is 2.69. The van der Waals surface area contributed by atoms with Gasteiger partial charge in [0.1, 0.15) is 0 Å². The van der Waals surface area contributed by atoms with Gasteiger partial charge in [-0.1, -0.05) is 19.8 Å². The molecular weight excluding hydrogens is 146 g/mol. The van der Waals surface area contributed by atoms with Gasteiger partial charge in [-0.25, -0.2) is 0 Å². The maximum absolute atomic E-state index is 3.71. The summed E-state index contributed by atoms with van der Waals surface area (Å²) in [6.07, 6.45) is 8.74. The van der Waals surface area contributed by atoms with E-state index in [2.05, 4.69) is 12.2 Å². The van der Waals surface area contributed by atoms with Crippen LogP contribution in [-0.2, 0) is 0 Å². The molecule has 0 aliphatic carbocycles. The van der Waals surface area contributed by atoms with E-state index in [1.54, 1.807) is 0 Å². The predicted molar refractivity (Wildman–Crippen MR) is 52.1 cm³/mol. The number of nitrogens with one attached hydrogen (secondary N) is 1. The molecule has 0 amide bonds. The molecule has 2 fully saturated rings. The van der Waals surface area contributed by atoms with Gasteiger partial charge in [-0.05, 0) is 44.1 Å². The van der Waals surface area contributed by atoms with Gasteiger partial charge in [-0.3, -0.25) is 0 Å². The van der Waals surface area contributed by atoms with Crippen LogP contribution in [0.5, 0.6) is 0 Å². The first-order chi connectivity index (χ1) is 5.88. The lowest BCUT2D eigenvalue weighted by molar-refractivity contribution is 0.321. The standard InChI is InChI=1S/C11H21N/c1-2-9-6-10-4-3-5-11(7-9)12-8-10/h9-12H,2-8H2,1H3. The molecule has 12 heavy (non-hydrogen) atoms. The maximum Gasteiger partial charge on any atom is 0.00698 e.